The van der Waals surface area contributed by atoms with Gasteiger partial charge in [0.1, 0.15) is 11.4 Å². The average Bonchev–Trinajstić information content (AvgIpc) is 3.37. The standard InChI is InChI=1S/C18H27NO3/c1-4-12-21-16-10-8-15(9-11-16)19-17(20)18(3,14-6-7-14)22-13-5-2/h8-11,14H,4-7,12-13H2,1-3H3,(H,19,20)/t18-/m0/s1. The topological polar surface area (TPSA) is 47.6 Å². The SMILES string of the molecule is CCCOc1ccc(NC(=O)[C@@](C)(OCCC)C2CC2)cc1. The van der Waals surface area contributed by atoms with Crippen LogP contribution in [0.2, 0.25) is 0 Å². The number of hydrogen-bond donors (Lipinski definition) is 1. The number of benzene rings is 1. The van der Waals surface area contributed by atoms with Gasteiger partial charge in [-0.05, 0) is 62.8 Å². The fourth-order valence-corrected chi connectivity index (χ4v) is 2.43. The van der Waals surface area contributed by atoms with Crippen molar-refractivity contribution in [2.24, 2.45) is 5.92 Å². The van der Waals surface area contributed by atoms with E-state index in [4.69, 9.17) is 9.47 Å². The quantitative estimate of drug-likeness (QED) is 0.750. The molecule has 1 aromatic rings. The molecular formula is C18H27NO3. The molecule has 0 unspecified atom stereocenters. The Bertz CT molecular complexity index is 482. The lowest BCUT2D eigenvalue weighted by atomic mass is 9.98. The maximum Gasteiger partial charge on any atom is 0.256 e. The molecule has 0 bridgehead atoms. The van der Waals surface area contributed by atoms with Gasteiger partial charge in [0.25, 0.3) is 5.91 Å². The molecule has 1 aliphatic rings. The van der Waals surface area contributed by atoms with Crippen molar-refractivity contribution in [2.75, 3.05) is 18.5 Å². The van der Waals surface area contributed by atoms with Crippen molar-refractivity contribution in [1.82, 2.24) is 0 Å². The zero-order chi connectivity index (χ0) is 16.0. The molecule has 1 N–H and O–H groups in total. The summed E-state index contributed by atoms with van der Waals surface area (Å²) in [6, 6.07) is 7.51. The number of anilines is 1. The summed E-state index contributed by atoms with van der Waals surface area (Å²) >= 11 is 0. The van der Waals surface area contributed by atoms with Crippen LogP contribution >= 0.6 is 0 Å². The Hall–Kier alpha value is -1.55. The van der Waals surface area contributed by atoms with Crippen molar-refractivity contribution >= 4 is 11.6 Å². The lowest BCUT2D eigenvalue weighted by Gasteiger charge is -2.28. The summed E-state index contributed by atoms with van der Waals surface area (Å²) in [5.74, 6) is 1.11. The largest absolute Gasteiger partial charge is 0.494 e. The van der Waals surface area contributed by atoms with Crippen LogP contribution in [0.1, 0.15) is 46.5 Å². The first kappa shape index (κ1) is 16.8. The molecule has 0 heterocycles. The highest BCUT2D eigenvalue weighted by Crippen LogP contribution is 2.42. The van der Waals surface area contributed by atoms with Crippen molar-refractivity contribution in [3.63, 3.8) is 0 Å². The maximum atomic E-state index is 12.6. The first-order valence-corrected chi connectivity index (χ1v) is 8.28. The van der Waals surface area contributed by atoms with E-state index in [9.17, 15) is 4.79 Å². The van der Waals surface area contributed by atoms with Gasteiger partial charge in [-0.2, -0.15) is 0 Å². The minimum Gasteiger partial charge on any atom is -0.494 e. The second-order valence-electron chi connectivity index (χ2n) is 6.06. The molecule has 1 saturated carbocycles. The van der Waals surface area contributed by atoms with Gasteiger partial charge < -0.3 is 14.8 Å². The summed E-state index contributed by atoms with van der Waals surface area (Å²) < 4.78 is 11.4. The highest BCUT2D eigenvalue weighted by molar-refractivity contribution is 5.97. The smallest absolute Gasteiger partial charge is 0.256 e. The Balaban J connectivity index is 1.97. The Labute approximate surface area is 133 Å². The molecule has 0 aromatic heterocycles. The second kappa shape index (κ2) is 7.63. The van der Waals surface area contributed by atoms with Gasteiger partial charge in [0.05, 0.1) is 6.61 Å². The summed E-state index contributed by atoms with van der Waals surface area (Å²) in [6.45, 7) is 7.36. The molecule has 2 rings (SSSR count). The lowest BCUT2D eigenvalue weighted by Crippen LogP contribution is -2.45. The summed E-state index contributed by atoms with van der Waals surface area (Å²) in [5, 5.41) is 2.98. The van der Waals surface area contributed by atoms with Crippen LogP contribution in [0.15, 0.2) is 24.3 Å². The van der Waals surface area contributed by atoms with Crippen LogP contribution in [0.4, 0.5) is 5.69 Å². The van der Waals surface area contributed by atoms with E-state index in [0.717, 1.165) is 37.1 Å². The number of nitrogens with one attached hydrogen (secondary N) is 1. The zero-order valence-electron chi connectivity index (χ0n) is 13.9. The molecule has 1 aliphatic carbocycles. The summed E-state index contributed by atoms with van der Waals surface area (Å²) in [7, 11) is 0. The number of rotatable bonds is 9. The minimum absolute atomic E-state index is 0.0503. The number of amides is 1. The van der Waals surface area contributed by atoms with Crippen LogP contribution in [-0.4, -0.2) is 24.7 Å². The molecule has 0 saturated heterocycles. The van der Waals surface area contributed by atoms with Crippen LogP contribution in [0.3, 0.4) is 0 Å². The van der Waals surface area contributed by atoms with Gasteiger partial charge in [0.2, 0.25) is 0 Å². The zero-order valence-corrected chi connectivity index (χ0v) is 13.9. The van der Waals surface area contributed by atoms with Crippen molar-refractivity contribution in [3.8, 4) is 5.75 Å². The average molecular weight is 305 g/mol. The Morgan fingerprint density at radius 1 is 1.18 bits per heavy atom. The van der Waals surface area contributed by atoms with Gasteiger partial charge in [-0.15, -0.1) is 0 Å². The molecule has 1 aromatic carbocycles. The molecule has 4 nitrogen and oxygen atoms in total. The predicted octanol–water partition coefficient (Wildman–Crippen LogP) is 4.01. The van der Waals surface area contributed by atoms with Crippen molar-refractivity contribution < 1.29 is 14.3 Å². The van der Waals surface area contributed by atoms with Crippen molar-refractivity contribution in [1.29, 1.82) is 0 Å². The van der Waals surface area contributed by atoms with Crippen LogP contribution in [0.25, 0.3) is 0 Å². The summed E-state index contributed by atoms with van der Waals surface area (Å²) in [5.41, 5.74) is 0.0636. The fourth-order valence-electron chi connectivity index (χ4n) is 2.43. The lowest BCUT2D eigenvalue weighted by molar-refractivity contribution is -0.142. The molecule has 1 atom stereocenters. The molecule has 4 heteroatoms. The van der Waals surface area contributed by atoms with Gasteiger partial charge in [-0.1, -0.05) is 13.8 Å². The van der Waals surface area contributed by atoms with E-state index in [2.05, 4.69) is 19.2 Å². The van der Waals surface area contributed by atoms with E-state index in [0.29, 0.717) is 19.1 Å². The van der Waals surface area contributed by atoms with Crippen LogP contribution in [0, 0.1) is 5.92 Å². The monoisotopic (exact) mass is 305 g/mol. The van der Waals surface area contributed by atoms with Gasteiger partial charge in [0, 0.05) is 12.3 Å². The number of hydrogen-bond acceptors (Lipinski definition) is 3. The molecule has 122 valence electrons. The summed E-state index contributed by atoms with van der Waals surface area (Å²) in [4.78, 5) is 12.6. The third kappa shape index (κ3) is 4.23. The van der Waals surface area contributed by atoms with Crippen molar-refractivity contribution in [2.45, 2.75) is 52.1 Å². The van der Waals surface area contributed by atoms with E-state index in [-0.39, 0.29) is 5.91 Å². The third-order valence-electron chi connectivity index (χ3n) is 4.00. The number of carbonyl (C=O) groups is 1. The maximum absolute atomic E-state index is 12.6. The number of ether oxygens (including phenoxy) is 2. The molecule has 0 aliphatic heterocycles. The van der Waals surface area contributed by atoms with Gasteiger partial charge >= 0.3 is 0 Å². The summed E-state index contributed by atoms with van der Waals surface area (Å²) in [6.07, 6.45) is 4.03. The first-order valence-electron chi connectivity index (χ1n) is 8.28. The van der Waals surface area contributed by atoms with Crippen LogP contribution < -0.4 is 10.1 Å². The van der Waals surface area contributed by atoms with Gasteiger partial charge in [-0.3, -0.25) is 4.79 Å². The van der Waals surface area contributed by atoms with Crippen LogP contribution in [-0.2, 0) is 9.53 Å². The molecule has 0 spiro atoms. The number of carbonyl (C=O) groups excluding carboxylic acids is 1. The molecule has 1 amide bonds. The molecule has 1 fully saturated rings. The third-order valence-corrected chi connectivity index (χ3v) is 4.00. The van der Waals surface area contributed by atoms with Gasteiger partial charge in [-0.25, -0.2) is 0 Å². The second-order valence-corrected chi connectivity index (χ2v) is 6.06. The van der Waals surface area contributed by atoms with E-state index < -0.39 is 5.60 Å². The first-order chi connectivity index (χ1) is 10.6. The molecular weight excluding hydrogens is 278 g/mol. The van der Waals surface area contributed by atoms with Crippen molar-refractivity contribution in [3.05, 3.63) is 24.3 Å². The van der Waals surface area contributed by atoms with E-state index in [1.54, 1.807) is 0 Å². The predicted molar refractivity (Wildman–Crippen MR) is 88.2 cm³/mol. The Kier molecular flexibility index (Phi) is 5.83. The molecule has 0 radical (unpaired) electrons. The normalized spacial score (nSPS) is 16.9. The highest BCUT2D eigenvalue weighted by atomic mass is 16.5. The van der Waals surface area contributed by atoms with Gasteiger partial charge in [0.15, 0.2) is 0 Å². The van der Waals surface area contributed by atoms with Crippen LogP contribution in [0.5, 0.6) is 5.75 Å². The van der Waals surface area contributed by atoms with E-state index in [1.807, 2.05) is 31.2 Å². The Morgan fingerprint density at radius 3 is 2.36 bits per heavy atom. The fraction of sp³-hybridized carbons (Fsp3) is 0.611. The minimum atomic E-state index is -0.715. The molecule has 22 heavy (non-hydrogen) atoms. The Morgan fingerprint density at radius 2 is 1.82 bits per heavy atom. The van der Waals surface area contributed by atoms with E-state index >= 15 is 0 Å². The highest BCUT2D eigenvalue weighted by Gasteiger charge is 2.48. The van der Waals surface area contributed by atoms with E-state index in [1.165, 1.54) is 0 Å².